The van der Waals surface area contributed by atoms with Crippen molar-refractivity contribution in [3.63, 3.8) is 0 Å². The van der Waals surface area contributed by atoms with E-state index in [1.165, 1.54) is 11.1 Å². The minimum atomic E-state index is 0.143. The number of nitrogens with one attached hydrogen (secondary N) is 3. The zero-order chi connectivity index (χ0) is 14.8. The summed E-state index contributed by atoms with van der Waals surface area (Å²) in [6.07, 6.45) is 1.74. The zero-order valence-electron chi connectivity index (χ0n) is 12.3. The molecule has 0 bridgehead atoms. The van der Waals surface area contributed by atoms with Gasteiger partial charge in [-0.05, 0) is 25.0 Å². The number of rotatable bonds is 4. The molecule has 3 rings (SSSR count). The van der Waals surface area contributed by atoms with E-state index in [1.54, 1.807) is 13.2 Å². The zero-order valence-corrected chi connectivity index (χ0v) is 12.3. The van der Waals surface area contributed by atoms with Gasteiger partial charge in [0.1, 0.15) is 5.82 Å². The molecule has 0 saturated carbocycles. The smallest absolute Gasteiger partial charge is 0.226 e. The molecule has 2 aromatic heterocycles. The molecule has 0 amide bonds. The van der Waals surface area contributed by atoms with Crippen LogP contribution in [0.5, 0.6) is 0 Å². The predicted molar refractivity (Wildman–Crippen MR) is 84.4 cm³/mol. The highest BCUT2D eigenvalue weighted by molar-refractivity contribution is 5.87. The number of nitrogens with zero attached hydrogens (tertiary/aromatic N) is 3. The van der Waals surface area contributed by atoms with E-state index in [9.17, 15) is 0 Å². The lowest BCUT2D eigenvalue weighted by Gasteiger charge is -2.17. The maximum Gasteiger partial charge on any atom is 0.226 e. The fourth-order valence-corrected chi connectivity index (χ4v) is 2.41. The Hall–Kier alpha value is -2.63. The van der Waals surface area contributed by atoms with Crippen molar-refractivity contribution in [1.29, 1.82) is 0 Å². The van der Waals surface area contributed by atoms with Crippen LogP contribution in [-0.4, -0.2) is 27.2 Å². The van der Waals surface area contributed by atoms with Gasteiger partial charge in [-0.3, -0.25) is 5.10 Å². The number of aryl methyl sites for hydroxylation is 1. The lowest BCUT2D eigenvalue weighted by Crippen LogP contribution is -2.11. The van der Waals surface area contributed by atoms with Gasteiger partial charge in [0.25, 0.3) is 0 Å². The molecular weight excluding hydrogens is 264 g/mol. The Morgan fingerprint density at radius 2 is 2.00 bits per heavy atom. The molecule has 3 aromatic rings. The molecule has 1 atom stereocenters. The Balaban J connectivity index is 1.97. The van der Waals surface area contributed by atoms with Gasteiger partial charge in [-0.15, -0.1) is 0 Å². The molecule has 2 heterocycles. The highest BCUT2D eigenvalue weighted by Crippen LogP contribution is 2.26. The second-order valence-electron chi connectivity index (χ2n) is 5.00. The van der Waals surface area contributed by atoms with Crippen molar-refractivity contribution in [2.24, 2.45) is 0 Å². The van der Waals surface area contributed by atoms with Crippen molar-refractivity contribution in [1.82, 2.24) is 20.2 Å². The summed E-state index contributed by atoms with van der Waals surface area (Å²) in [7, 11) is 1.80. The van der Waals surface area contributed by atoms with Gasteiger partial charge in [0.15, 0.2) is 5.65 Å². The van der Waals surface area contributed by atoms with Crippen LogP contribution < -0.4 is 10.6 Å². The highest BCUT2D eigenvalue weighted by Gasteiger charge is 2.13. The summed E-state index contributed by atoms with van der Waals surface area (Å²) >= 11 is 0. The lowest BCUT2D eigenvalue weighted by atomic mass is 10.0. The van der Waals surface area contributed by atoms with Gasteiger partial charge < -0.3 is 10.6 Å². The number of aromatic nitrogens is 4. The third-order valence-corrected chi connectivity index (χ3v) is 3.54. The minimum absolute atomic E-state index is 0.143. The molecule has 0 aliphatic rings. The molecule has 0 saturated heterocycles. The lowest BCUT2D eigenvalue weighted by molar-refractivity contribution is 0.866. The first-order valence-corrected chi connectivity index (χ1v) is 6.90. The Morgan fingerprint density at radius 3 is 2.76 bits per heavy atom. The molecule has 21 heavy (non-hydrogen) atoms. The fourth-order valence-electron chi connectivity index (χ4n) is 2.41. The van der Waals surface area contributed by atoms with E-state index in [4.69, 9.17) is 0 Å². The predicted octanol–water partition coefficient (Wildman–Crippen LogP) is 2.88. The maximum atomic E-state index is 4.49. The van der Waals surface area contributed by atoms with E-state index in [2.05, 4.69) is 56.8 Å². The van der Waals surface area contributed by atoms with Crippen LogP contribution in [0.1, 0.15) is 24.1 Å². The van der Waals surface area contributed by atoms with Crippen molar-refractivity contribution < 1.29 is 0 Å². The summed E-state index contributed by atoms with van der Waals surface area (Å²) in [6.45, 7) is 4.23. The largest absolute Gasteiger partial charge is 0.363 e. The van der Waals surface area contributed by atoms with Crippen LogP contribution in [0, 0.1) is 6.92 Å². The molecule has 0 aliphatic carbocycles. The molecule has 6 nitrogen and oxygen atoms in total. The third-order valence-electron chi connectivity index (χ3n) is 3.54. The number of aromatic amines is 1. The second-order valence-corrected chi connectivity index (χ2v) is 5.00. The molecule has 6 heteroatoms. The van der Waals surface area contributed by atoms with Gasteiger partial charge in [-0.25, -0.2) is 0 Å². The van der Waals surface area contributed by atoms with Crippen molar-refractivity contribution in [3.05, 3.63) is 41.6 Å². The second kappa shape index (κ2) is 5.40. The summed E-state index contributed by atoms with van der Waals surface area (Å²) in [5.74, 6) is 1.33. The van der Waals surface area contributed by atoms with Gasteiger partial charge >= 0.3 is 0 Å². The number of hydrogen-bond acceptors (Lipinski definition) is 5. The average molecular weight is 282 g/mol. The van der Waals surface area contributed by atoms with Crippen molar-refractivity contribution in [3.8, 4) is 0 Å². The van der Waals surface area contributed by atoms with Gasteiger partial charge in [-0.2, -0.15) is 15.1 Å². The molecule has 108 valence electrons. The Kier molecular flexibility index (Phi) is 3.43. The molecular formula is C15H18N6. The van der Waals surface area contributed by atoms with Crippen LogP contribution >= 0.6 is 0 Å². The van der Waals surface area contributed by atoms with E-state index < -0.39 is 0 Å². The van der Waals surface area contributed by atoms with E-state index in [0.29, 0.717) is 11.6 Å². The SMILES string of the molecule is CNc1nc(NC(C)c2ccccc2C)c2cn[nH]c2n1. The van der Waals surface area contributed by atoms with E-state index >= 15 is 0 Å². The first-order valence-electron chi connectivity index (χ1n) is 6.90. The van der Waals surface area contributed by atoms with Crippen molar-refractivity contribution in [2.75, 3.05) is 17.7 Å². The Morgan fingerprint density at radius 1 is 1.19 bits per heavy atom. The van der Waals surface area contributed by atoms with Crippen LogP contribution in [-0.2, 0) is 0 Å². The number of hydrogen-bond donors (Lipinski definition) is 3. The molecule has 1 aromatic carbocycles. The first kappa shape index (κ1) is 13.4. The highest BCUT2D eigenvalue weighted by atomic mass is 15.2. The normalized spacial score (nSPS) is 12.3. The summed E-state index contributed by atoms with van der Waals surface area (Å²) < 4.78 is 0. The molecule has 0 fully saturated rings. The van der Waals surface area contributed by atoms with Gasteiger partial charge in [0.05, 0.1) is 17.6 Å². The first-order chi connectivity index (χ1) is 10.2. The standard InChI is InChI=1S/C15H18N6/c1-9-6-4-5-7-11(9)10(2)18-13-12-8-17-21-14(12)20-15(16-3)19-13/h4-8,10H,1-3H3,(H3,16,17,18,19,20,21). The fraction of sp³-hybridized carbons (Fsp3) is 0.267. The number of benzene rings is 1. The topological polar surface area (TPSA) is 78.5 Å². The van der Waals surface area contributed by atoms with Crippen LogP contribution in [0.3, 0.4) is 0 Å². The van der Waals surface area contributed by atoms with Gasteiger partial charge in [0.2, 0.25) is 5.95 Å². The molecule has 0 radical (unpaired) electrons. The van der Waals surface area contributed by atoms with E-state index in [1.807, 2.05) is 12.1 Å². The maximum absolute atomic E-state index is 4.49. The van der Waals surface area contributed by atoms with Crippen molar-refractivity contribution in [2.45, 2.75) is 19.9 Å². The third kappa shape index (κ3) is 2.52. The van der Waals surface area contributed by atoms with Crippen molar-refractivity contribution >= 4 is 22.8 Å². The monoisotopic (exact) mass is 282 g/mol. The summed E-state index contributed by atoms with van der Waals surface area (Å²) in [4.78, 5) is 8.83. The number of anilines is 2. The summed E-state index contributed by atoms with van der Waals surface area (Å²) in [6, 6.07) is 8.47. The minimum Gasteiger partial charge on any atom is -0.363 e. The van der Waals surface area contributed by atoms with Crippen LogP contribution in [0.2, 0.25) is 0 Å². The summed E-state index contributed by atoms with van der Waals surface area (Å²) in [5, 5.41) is 14.2. The van der Waals surface area contributed by atoms with E-state index in [0.717, 1.165) is 11.2 Å². The van der Waals surface area contributed by atoms with Crippen LogP contribution in [0.15, 0.2) is 30.5 Å². The molecule has 1 unspecified atom stereocenters. The molecule has 0 spiro atoms. The van der Waals surface area contributed by atoms with Crippen LogP contribution in [0.4, 0.5) is 11.8 Å². The van der Waals surface area contributed by atoms with Crippen LogP contribution in [0.25, 0.3) is 11.0 Å². The Bertz CT molecular complexity index is 764. The average Bonchev–Trinajstić information content (AvgIpc) is 2.96. The van der Waals surface area contributed by atoms with Gasteiger partial charge in [-0.1, -0.05) is 24.3 Å². The number of fused-ring (bicyclic) bond motifs is 1. The summed E-state index contributed by atoms with van der Waals surface area (Å²) in [5.41, 5.74) is 3.22. The van der Waals surface area contributed by atoms with Gasteiger partial charge in [0, 0.05) is 7.05 Å². The molecule has 3 N–H and O–H groups in total. The Labute approximate surface area is 123 Å². The number of H-pyrrole nitrogens is 1. The quantitative estimate of drug-likeness (QED) is 0.685. The van der Waals surface area contributed by atoms with E-state index in [-0.39, 0.29) is 6.04 Å². The molecule has 0 aliphatic heterocycles.